The lowest BCUT2D eigenvalue weighted by atomic mass is 10.0. The Morgan fingerprint density at radius 1 is 1.64 bits per heavy atom. The molecule has 0 fully saturated rings. The van der Waals surface area contributed by atoms with Crippen LogP contribution >= 0.6 is 15.9 Å². The topological polar surface area (TPSA) is 61.6 Å². The zero-order valence-electron chi connectivity index (χ0n) is 8.04. The number of carbonyl (C=O) groups excluding carboxylic acids is 1. The van der Waals surface area contributed by atoms with Crippen molar-refractivity contribution in [3.63, 3.8) is 0 Å². The van der Waals surface area contributed by atoms with E-state index in [4.69, 9.17) is 15.2 Å². The first-order valence-electron chi connectivity index (χ1n) is 4.07. The fourth-order valence-corrected chi connectivity index (χ4v) is 1.87. The second-order valence-electron chi connectivity index (χ2n) is 2.88. The van der Waals surface area contributed by atoms with Gasteiger partial charge in [0.15, 0.2) is 0 Å². The van der Waals surface area contributed by atoms with Gasteiger partial charge < -0.3 is 15.2 Å². The van der Waals surface area contributed by atoms with E-state index >= 15 is 0 Å². The largest absolute Gasteiger partial charge is 0.496 e. The smallest absolute Gasteiger partial charge is 0.244 e. The van der Waals surface area contributed by atoms with Gasteiger partial charge in [-0.2, -0.15) is 0 Å². The molecule has 2 N–H and O–H groups in total. The van der Waals surface area contributed by atoms with Gasteiger partial charge in [0.05, 0.1) is 17.7 Å². The zero-order valence-corrected chi connectivity index (χ0v) is 9.63. The number of allylic oxidation sites excluding steroid dienone is 1. The number of methoxy groups -OCH3 is 2. The van der Waals surface area contributed by atoms with Crippen LogP contribution in [-0.4, -0.2) is 26.2 Å². The Balaban J connectivity index is 3.02. The molecule has 14 heavy (non-hydrogen) atoms. The van der Waals surface area contributed by atoms with Crippen LogP contribution in [0.5, 0.6) is 0 Å². The Morgan fingerprint density at radius 3 is 2.71 bits per heavy atom. The van der Waals surface area contributed by atoms with Crippen molar-refractivity contribution in [3.8, 4) is 0 Å². The molecule has 1 atom stereocenters. The van der Waals surface area contributed by atoms with Crippen molar-refractivity contribution in [3.05, 3.63) is 21.9 Å². The summed E-state index contributed by atoms with van der Waals surface area (Å²) in [6.07, 6.45) is 1.90. The summed E-state index contributed by atoms with van der Waals surface area (Å²) in [7, 11) is 3.10. The summed E-state index contributed by atoms with van der Waals surface area (Å²) in [6, 6.07) is 0. The van der Waals surface area contributed by atoms with E-state index in [-0.39, 0.29) is 6.10 Å². The van der Waals surface area contributed by atoms with Gasteiger partial charge in [-0.1, -0.05) is 0 Å². The summed E-state index contributed by atoms with van der Waals surface area (Å²) in [5.41, 5.74) is 5.70. The molecule has 0 aliphatic heterocycles. The molecule has 0 saturated heterocycles. The van der Waals surface area contributed by atoms with E-state index in [1.165, 1.54) is 7.11 Å². The van der Waals surface area contributed by atoms with Crippen molar-refractivity contribution in [2.24, 2.45) is 5.73 Å². The summed E-state index contributed by atoms with van der Waals surface area (Å²) in [4.78, 5) is 11.0. The first-order chi connectivity index (χ1) is 6.60. The minimum absolute atomic E-state index is 0.197. The fourth-order valence-electron chi connectivity index (χ4n) is 1.25. The van der Waals surface area contributed by atoms with Gasteiger partial charge in [-0.15, -0.1) is 0 Å². The molecule has 78 valence electrons. The Labute approximate surface area is 90.9 Å². The molecule has 0 saturated carbocycles. The third kappa shape index (κ3) is 2.16. The summed E-state index contributed by atoms with van der Waals surface area (Å²) >= 11 is 3.35. The maximum atomic E-state index is 11.0. The Bertz CT molecular complexity index is 309. The van der Waals surface area contributed by atoms with Crippen LogP contribution in [0.1, 0.15) is 6.42 Å². The maximum Gasteiger partial charge on any atom is 0.244 e. The van der Waals surface area contributed by atoms with Crippen molar-refractivity contribution < 1.29 is 14.3 Å². The van der Waals surface area contributed by atoms with E-state index in [0.29, 0.717) is 17.8 Å². The van der Waals surface area contributed by atoms with Crippen LogP contribution in [0.25, 0.3) is 0 Å². The van der Waals surface area contributed by atoms with Crippen LogP contribution in [-0.2, 0) is 14.3 Å². The van der Waals surface area contributed by atoms with Gasteiger partial charge in [-0.3, -0.25) is 4.79 Å². The molecule has 0 radical (unpaired) electrons. The van der Waals surface area contributed by atoms with Crippen molar-refractivity contribution in [2.75, 3.05) is 14.2 Å². The number of hydrogen-bond acceptors (Lipinski definition) is 3. The Kier molecular flexibility index (Phi) is 3.71. The highest BCUT2D eigenvalue weighted by Crippen LogP contribution is 2.30. The SMILES string of the molecule is COC1=C(Br)C(OC)CC(C(N)=O)=C1. The van der Waals surface area contributed by atoms with E-state index < -0.39 is 5.91 Å². The second kappa shape index (κ2) is 4.61. The molecule has 1 aliphatic rings. The van der Waals surface area contributed by atoms with E-state index in [0.717, 1.165) is 4.48 Å². The average Bonchev–Trinajstić information content (AvgIpc) is 2.17. The number of nitrogens with two attached hydrogens (primary N) is 1. The highest BCUT2D eigenvalue weighted by molar-refractivity contribution is 9.11. The molecule has 0 aromatic carbocycles. The molecule has 1 rings (SSSR count). The van der Waals surface area contributed by atoms with Crippen LogP contribution in [0.4, 0.5) is 0 Å². The van der Waals surface area contributed by atoms with Gasteiger partial charge in [0.25, 0.3) is 0 Å². The maximum absolute atomic E-state index is 11.0. The van der Waals surface area contributed by atoms with Crippen molar-refractivity contribution in [1.82, 2.24) is 0 Å². The Hall–Kier alpha value is -0.810. The molecule has 0 heterocycles. The molecule has 0 aromatic rings. The van der Waals surface area contributed by atoms with Gasteiger partial charge in [0.1, 0.15) is 5.76 Å². The number of halogens is 1. The fraction of sp³-hybridized carbons (Fsp3) is 0.444. The normalized spacial score (nSPS) is 21.9. The number of hydrogen-bond donors (Lipinski definition) is 1. The lowest BCUT2D eigenvalue weighted by Gasteiger charge is -2.22. The number of primary amides is 1. The molecule has 1 unspecified atom stereocenters. The standard InChI is InChI=1S/C9H12BrNO3/c1-13-6-3-5(9(11)12)4-7(14-2)8(6)10/h3,7H,4H2,1-2H3,(H2,11,12). The van der Waals surface area contributed by atoms with Gasteiger partial charge in [0, 0.05) is 19.1 Å². The predicted molar refractivity (Wildman–Crippen MR) is 55.7 cm³/mol. The molecule has 1 aliphatic carbocycles. The van der Waals surface area contributed by atoms with E-state index in [2.05, 4.69) is 15.9 Å². The van der Waals surface area contributed by atoms with Crippen molar-refractivity contribution >= 4 is 21.8 Å². The third-order valence-corrected chi connectivity index (χ3v) is 2.95. The first-order valence-corrected chi connectivity index (χ1v) is 4.86. The van der Waals surface area contributed by atoms with E-state index in [9.17, 15) is 4.79 Å². The molecule has 1 amide bonds. The van der Waals surface area contributed by atoms with Gasteiger partial charge in [-0.25, -0.2) is 0 Å². The van der Waals surface area contributed by atoms with Crippen molar-refractivity contribution in [2.45, 2.75) is 12.5 Å². The van der Waals surface area contributed by atoms with Gasteiger partial charge in [0.2, 0.25) is 5.91 Å². The molecular formula is C9H12BrNO3. The average molecular weight is 262 g/mol. The van der Waals surface area contributed by atoms with Crippen LogP contribution in [0, 0.1) is 0 Å². The molecular weight excluding hydrogens is 250 g/mol. The monoisotopic (exact) mass is 261 g/mol. The van der Waals surface area contributed by atoms with E-state index in [1.54, 1.807) is 13.2 Å². The number of ether oxygens (including phenoxy) is 2. The summed E-state index contributed by atoms with van der Waals surface area (Å²) < 4.78 is 11.1. The van der Waals surface area contributed by atoms with Crippen LogP contribution in [0.15, 0.2) is 21.9 Å². The number of amides is 1. The number of carbonyl (C=O) groups is 1. The Morgan fingerprint density at radius 2 is 2.29 bits per heavy atom. The minimum atomic E-state index is -0.443. The lowest BCUT2D eigenvalue weighted by molar-refractivity contribution is -0.115. The highest BCUT2D eigenvalue weighted by Gasteiger charge is 2.24. The molecule has 0 aromatic heterocycles. The summed E-state index contributed by atoms with van der Waals surface area (Å²) in [5.74, 6) is 0.138. The summed E-state index contributed by atoms with van der Waals surface area (Å²) in [6.45, 7) is 0. The third-order valence-electron chi connectivity index (χ3n) is 2.05. The molecule has 0 spiro atoms. The van der Waals surface area contributed by atoms with E-state index in [1.807, 2.05) is 0 Å². The van der Waals surface area contributed by atoms with Gasteiger partial charge in [-0.05, 0) is 22.0 Å². The summed E-state index contributed by atoms with van der Waals surface area (Å²) in [5, 5.41) is 0. The number of rotatable bonds is 3. The molecule has 5 heteroatoms. The minimum Gasteiger partial charge on any atom is -0.496 e. The first kappa shape index (κ1) is 11.3. The highest BCUT2D eigenvalue weighted by atomic mass is 79.9. The van der Waals surface area contributed by atoms with Crippen LogP contribution < -0.4 is 5.73 Å². The molecule has 4 nitrogen and oxygen atoms in total. The quantitative estimate of drug-likeness (QED) is 0.827. The van der Waals surface area contributed by atoms with Gasteiger partial charge >= 0.3 is 0 Å². The lowest BCUT2D eigenvalue weighted by Crippen LogP contribution is -2.24. The second-order valence-corrected chi connectivity index (χ2v) is 3.73. The van der Waals surface area contributed by atoms with Crippen molar-refractivity contribution in [1.29, 1.82) is 0 Å². The van der Waals surface area contributed by atoms with Crippen LogP contribution in [0.2, 0.25) is 0 Å². The van der Waals surface area contributed by atoms with Crippen LogP contribution in [0.3, 0.4) is 0 Å². The molecule has 0 bridgehead atoms. The zero-order chi connectivity index (χ0) is 10.7. The predicted octanol–water partition coefficient (Wildman–Crippen LogP) is 1.07.